The second-order valence-electron chi connectivity index (χ2n) is 7.51. The van der Waals surface area contributed by atoms with E-state index in [0.717, 1.165) is 18.6 Å². The van der Waals surface area contributed by atoms with Gasteiger partial charge in [0.1, 0.15) is 0 Å². The maximum absolute atomic E-state index is 13.1. The van der Waals surface area contributed by atoms with Gasteiger partial charge in [-0.1, -0.05) is 19.0 Å². The van der Waals surface area contributed by atoms with E-state index < -0.39 is 11.7 Å². The Morgan fingerprint density at radius 2 is 2.04 bits per heavy atom. The van der Waals surface area contributed by atoms with Gasteiger partial charge in [-0.05, 0) is 37.0 Å². The summed E-state index contributed by atoms with van der Waals surface area (Å²) in [5, 5.41) is 6.51. The van der Waals surface area contributed by atoms with Gasteiger partial charge in [-0.3, -0.25) is 10.1 Å². The number of imidazole rings is 1. The average Bonchev–Trinajstić information content (AvgIpc) is 2.90. The highest BCUT2D eigenvalue weighted by molar-refractivity contribution is 5.95. The molecule has 1 atom stereocenters. The van der Waals surface area contributed by atoms with Crippen LogP contribution in [-0.2, 0) is 11.0 Å². The van der Waals surface area contributed by atoms with Crippen LogP contribution in [-0.4, -0.2) is 20.6 Å². The predicted molar refractivity (Wildman–Crippen MR) is 91.4 cm³/mol. The summed E-state index contributed by atoms with van der Waals surface area (Å²) in [6, 6.07) is 4.78. The molecule has 0 aliphatic heterocycles. The first-order valence-corrected chi connectivity index (χ1v) is 8.40. The Balaban J connectivity index is 1.83. The number of amides is 1. The topological polar surface area (TPSA) is 73.0 Å². The summed E-state index contributed by atoms with van der Waals surface area (Å²) in [6.45, 7) is 5.66. The Morgan fingerprint density at radius 3 is 2.59 bits per heavy atom. The van der Waals surface area contributed by atoms with Gasteiger partial charge in [0.15, 0.2) is 0 Å². The van der Waals surface area contributed by atoms with Crippen LogP contribution >= 0.6 is 0 Å². The molecule has 6 nitrogen and oxygen atoms in total. The Labute approximate surface area is 152 Å². The van der Waals surface area contributed by atoms with Crippen molar-refractivity contribution >= 4 is 22.9 Å². The maximum atomic E-state index is 13.1. The van der Waals surface area contributed by atoms with Gasteiger partial charge in [0.05, 0.1) is 22.3 Å². The van der Waals surface area contributed by atoms with Crippen molar-refractivity contribution in [3.8, 4) is 5.88 Å². The van der Waals surface area contributed by atoms with E-state index in [1.165, 1.54) is 10.6 Å². The quantitative estimate of drug-likeness (QED) is 0.736. The molecule has 1 aliphatic rings. The lowest BCUT2D eigenvalue weighted by Crippen LogP contribution is -2.19. The fourth-order valence-corrected chi connectivity index (χ4v) is 3.13. The third-order valence-corrected chi connectivity index (χ3v) is 4.88. The number of alkyl halides is 3. The number of aryl methyl sites for hydroxylation is 1. The molecule has 142 valence electrons. The number of fused-ring (bicyclic) bond motifs is 1. The monoisotopic (exact) mass is 378 g/mol. The van der Waals surface area contributed by atoms with Crippen molar-refractivity contribution in [1.82, 2.24) is 14.7 Å². The molecule has 2 aromatic heterocycles. The van der Waals surface area contributed by atoms with E-state index >= 15 is 0 Å². The molecular formula is C18H17F3N4O2. The fourth-order valence-electron chi connectivity index (χ4n) is 3.13. The molecule has 0 bridgehead atoms. The van der Waals surface area contributed by atoms with Gasteiger partial charge in [0.25, 0.3) is 0 Å². The second-order valence-corrected chi connectivity index (χ2v) is 7.51. The summed E-state index contributed by atoms with van der Waals surface area (Å²) < 4.78 is 46.0. The Morgan fingerprint density at radius 1 is 1.33 bits per heavy atom. The number of anilines is 1. The van der Waals surface area contributed by atoms with Gasteiger partial charge in [0.2, 0.25) is 17.7 Å². The number of aromatic nitrogens is 3. The van der Waals surface area contributed by atoms with Gasteiger partial charge >= 0.3 is 6.18 Å². The molecule has 0 spiro atoms. The molecule has 4 rings (SSSR count). The van der Waals surface area contributed by atoms with Crippen LogP contribution in [0, 0.1) is 18.3 Å². The van der Waals surface area contributed by atoms with Gasteiger partial charge in [-0.25, -0.2) is 9.55 Å². The van der Waals surface area contributed by atoms with Crippen LogP contribution in [0.1, 0.15) is 31.5 Å². The van der Waals surface area contributed by atoms with E-state index in [-0.39, 0.29) is 34.6 Å². The summed E-state index contributed by atoms with van der Waals surface area (Å²) in [5.74, 6) is -0.0929. The van der Waals surface area contributed by atoms with Crippen LogP contribution in [0.3, 0.4) is 0 Å². The minimum absolute atomic E-state index is 0.0901. The lowest BCUT2D eigenvalue weighted by Gasteiger charge is -2.09. The van der Waals surface area contributed by atoms with Crippen molar-refractivity contribution in [2.45, 2.75) is 33.4 Å². The Bertz CT molecular complexity index is 1050. The number of carbonyl (C=O) groups is 1. The molecule has 9 heteroatoms. The number of hydrogen-bond donors (Lipinski definition) is 1. The molecule has 27 heavy (non-hydrogen) atoms. The molecule has 0 unspecified atom stereocenters. The highest BCUT2D eigenvalue weighted by Gasteiger charge is 2.50. The van der Waals surface area contributed by atoms with Crippen LogP contribution in [0.25, 0.3) is 16.9 Å². The molecule has 0 radical (unpaired) electrons. The number of nitrogens with one attached hydrogen (secondary N) is 1. The minimum Gasteiger partial charge on any atom is -0.338 e. The van der Waals surface area contributed by atoms with E-state index in [9.17, 15) is 18.0 Å². The Hall–Kier alpha value is -2.84. The van der Waals surface area contributed by atoms with Crippen molar-refractivity contribution in [2.75, 3.05) is 5.32 Å². The molecule has 2 heterocycles. The first kappa shape index (κ1) is 17.6. The lowest BCUT2D eigenvalue weighted by atomic mass is 10.1. The van der Waals surface area contributed by atoms with Crippen LogP contribution < -0.4 is 5.32 Å². The maximum Gasteiger partial charge on any atom is 0.416 e. The summed E-state index contributed by atoms with van der Waals surface area (Å²) >= 11 is 0. The van der Waals surface area contributed by atoms with Gasteiger partial charge in [-0.15, -0.1) is 0 Å². The molecule has 1 aromatic carbocycles. The van der Waals surface area contributed by atoms with E-state index in [4.69, 9.17) is 4.52 Å². The van der Waals surface area contributed by atoms with Crippen LogP contribution in [0.5, 0.6) is 0 Å². The van der Waals surface area contributed by atoms with E-state index in [0.29, 0.717) is 11.2 Å². The van der Waals surface area contributed by atoms with Crippen molar-refractivity contribution in [3.05, 3.63) is 35.5 Å². The first-order valence-electron chi connectivity index (χ1n) is 8.40. The van der Waals surface area contributed by atoms with Gasteiger partial charge in [0, 0.05) is 12.0 Å². The zero-order chi connectivity index (χ0) is 19.6. The normalized spacial score (nSPS) is 18.7. The Kier molecular flexibility index (Phi) is 3.63. The molecule has 1 amide bonds. The summed E-state index contributed by atoms with van der Waals surface area (Å²) in [4.78, 5) is 16.8. The molecule has 1 saturated carbocycles. The third kappa shape index (κ3) is 3.07. The molecule has 1 fully saturated rings. The highest BCUT2D eigenvalue weighted by atomic mass is 19.4. The van der Waals surface area contributed by atoms with E-state index in [1.807, 2.05) is 13.8 Å². The van der Waals surface area contributed by atoms with Crippen LogP contribution in [0.2, 0.25) is 0 Å². The molecule has 3 aromatic rings. The third-order valence-electron chi connectivity index (χ3n) is 4.88. The van der Waals surface area contributed by atoms with Gasteiger partial charge in [-0.2, -0.15) is 13.2 Å². The second kappa shape index (κ2) is 5.58. The van der Waals surface area contributed by atoms with Crippen molar-refractivity contribution in [2.24, 2.45) is 11.3 Å². The van der Waals surface area contributed by atoms with Crippen molar-refractivity contribution in [1.29, 1.82) is 0 Å². The predicted octanol–water partition coefficient (Wildman–Crippen LogP) is 4.33. The van der Waals surface area contributed by atoms with Crippen LogP contribution in [0.4, 0.5) is 19.1 Å². The fraction of sp³-hybridized carbons (Fsp3) is 0.389. The van der Waals surface area contributed by atoms with E-state index in [2.05, 4.69) is 15.5 Å². The zero-order valence-electron chi connectivity index (χ0n) is 14.9. The molecule has 1 aliphatic carbocycles. The van der Waals surface area contributed by atoms with Crippen molar-refractivity contribution < 1.29 is 22.5 Å². The summed E-state index contributed by atoms with van der Waals surface area (Å²) in [5.41, 5.74) is 0.134. The first-order chi connectivity index (χ1) is 12.6. The number of benzene rings is 1. The minimum atomic E-state index is -4.50. The standard InChI is InChI=1S/C18H17F3N4O2/c1-9-6-14(27-24-9)25-13-7-10(18(19,20)21)4-5-12(13)22-16(25)23-15(26)11-8-17(11,2)3/h4-7,11H,8H2,1-3H3,(H,22,23,26)/t11-/m1/s1. The lowest BCUT2D eigenvalue weighted by molar-refractivity contribution is -0.137. The van der Waals surface area contributed by atoms with Crippen LogP contribution in [0.15, 0.2) is 28.8 Å². The SMILES string of the molecule is Cc1cc(-n2c(NC(=O)[C@H]3CC3(C)C)nc3ccc(C(F)(F)F)cc32)on1. The molecule has 0 saturated heterocycles. The number of halogens is 3. The summed E-state index contributed by atoms with van der Waals surface area (Å²) in [6.07, 6.45) is -3.75. The molecule has 1 N–H and O–H groups in total. The number of rotatable bonds is 3. The van der Waals surface area contributed by atoms with E-state index in [1.54, 1.807) is 13.0 Å². The summed E-state index contributed by atoms with van der Waals surface area (Å²) in [7, 11) is 0. The zero-order valence-corrected chi connectivity index (χ0v) is 14.9. The van der Waals surface area contributed by atoms with Crippen molar-refractivity contribution in [3.63, 3.8) is 0 Å². The largest absolute Gasteiger partial charge is 0.416 e. The highest BCUT2D eigenvalue weighted by Crippen LogP contribution is 2.52. The van der Waals surface area contributed by atoms with Gasteiger partial charge < -0.3 is 4.52 Å². The number of carbonyl (C=O) groups excluding carboxylic acids is 1. The number of hydrogen-bond acceptors (Lipinski definition) is 4. The number of nitrogens with zero attached hydrogens (tertiary/aromatic N) is 3. The smallest absolute Gasteiger partial charge is 0.338 e. The average molecular weight is 378 g/mol. The molecular weight excluding hydrogens is 361 g/mol.